The molecule has 2 rings (SSSR count). The lowest BCUT2D eigenvalue weighted by atomic mass is 9.91. The monoisotopic (exact) mass is 204 g/mol. The molecule has 14 heavy (non-hydrogen) atoms. The Balaban J connectivity index is 2.81. The Bertz CT molecular complexity index is 644. The first-order chi connectivity index (χ1) is 11.0. The molecule has 1 aromatic carbocycles. The van der Waals surface area contributed by atoms with Gasteiger partial charge in [0.25, 0.3) is 0 Å². The van der Waals surface area contributed by atoms with E-state index in [1.54, 1.807) is 5.32 Å². The third kappa shape index (κ3) is 2.55. The van der Waals surface area contributed by atoms with E-state index in [0.29, 0.717) is 0 Å². The molecule has 0 unspecified atom stereocenters. The Morgan fingerprint density at radius 3 is 2.71 bits per heavy atom. The maximum Gasteiger partial charge on any atom is 0.123 e. The summed E-state index contributed by atoms with van der Waals surface area (Å²) in [4.78, 5) is 0. The van der Waals surface area contributed by atoms with Gasteiger partial charge in [0.1, 0.15) is 5.82 Å². The first kappa shape index (κ1) is 3.05. The summed E-state index contributed by atoms with van der Waals surface area (Å²) >= 11 is 0. The predicted molar refractivity (Wildman–Crippen MR) is 55.7 cm³/mol. The minimum atomic E-state index is -3.55. The van der Waals surface area contributed by atoms with Gasteiger partial charge in [0.2, 0.25) is 0 Å². The van der Waals surface area contributed by atoms with Crippen LogP contribution in [0, 0.1) is 11.7 Å². The fourth-order valence-electron chi connectivity index (χ4n) is 0.990. The van der Waals surface area contributed by atoms with E-state index in [1.165, 1.54) is 0 Å². The summed E-state index contributed by atoms with van der Waals surface area (Å²) in [5.41, 5.74) is -0.467. The Kier molecular flexibility index (Phi) is 0.993. The molecule has 0 atom stereocenters. The quantitative estimate of drug-likeness (QED) is 0.780. The molecule has 0 saturated carbocycles. The van der Waals surface area contributed by atoms with Gasteiger partial charge in [0.15, 0.2) is 0 Å². The van der Waals surface area contributed by atoms with Crippen molar-refractivity contribution >= 4 is 0 Å². The van der Waals surface area contributed by atoms with Gasteiger partial charge in [-0.15, -0.1) is 0 Å². The molecule has 1 aliphatic heterocycles. The second-order valence-corrected chi connectivity index (χ2v) is 2.63. The number of halogens is 1. The molecule has 0 aliphatic carbocycles. The molecule has 1 N–H and O–H groups in total. The van der Waals surface area contributed by atoms with Crippen LogP contribution in [0.5, 0.6) is 0 Å². The van der Waals surface area contributed by atoms with Crippen LogP contribution in [-0.2, 0) is 6.37 Å². The summed E-state index contributed by atoms with van der Waals surface area (Å²) in [6.07, 6.45) is -10.2. The molecular weight excluding hydrogens is 177 g/mol. The zero-order chi connectivity index (χ0) is 19.7. The molecule has 0 bridgehead atoms. The number of rotatable bonds is 2. The van der Waals surface area contributed by atoms with Gasteiger partial charge in [-0.2, -0.15) is 0 Å². The molecule has 1 nitrogen and oxygen atoms in total. The zero-order valence-corrected chi connectivity index (χ0v) is 7.19. The lowest BCUT2D eigenvalue weighted by molar-refractivity contribution is 0.372. The maximum absolute atomic E-state index is 13.1. The van der Waals surface area contributed by atoms with Crippen molar-refractivity contribution in [2.24, 2.45) is 5.89 Å². The van der Waals surface area contributed by atoms with Crippen LogP contribution < -0.4 is 5.32 Å². The van der Waals surface area contributed by atoms with E-state index >= 15 is 0 Å². The minimum absolute atomic E-state index is 0.467. The Morgan fingerprint density at radius 1 is 1.43 bits per heavy atom. The van der Waals surface area contributed by atoms with Crippen molar-refractivity contribution in [3.05, 3.63) is 35.6 Å². The third-order valence-corrected chi connectivity index (χ3v) is 1.61. The van der Waals surface area contributed by atoms with Gasteiger partial charge in [-0.3, -0.25) is 0 Å². The van der Waals surface area contributed by atoms with E-state index in [0.717, 1.165) is 24.3 Å². The van der Waals surface area contributed by atoms with Crippen LogP contribution >= 0.6 is 0 Å². The molecule has 0 radical (unpaired) electrons. The van der Waals surface area contributed by atoms with E-state index in [1.807, 2.05) is 0 Å². The molecular formula is C12H16FN. The smallest absolute Gasteiger partial charge is 0.123 e. The summed E-state index contributed by atoms with van der Waals surface area (Å²) < 4.78 is 101. The summed E-state index contributed by atoms with van der Waals surface area (Å²) in [7, 11) is 0. The summed E-state index contributed by atoms with van der Waals surface area (Å²) in [5.74, 6) is -4.29. The van der Waals surface area contributed by atoms with E-state index in [9.17, 15) is 4.39 Å². The van der Waals surface area contributed by atoms with Crippen LogP contribution in [-0.4, -0.2) is 13.0 Å². The van der Waals surface area contributed by atoms with Crippen molar-refractivity contribution in [2.45, 2.75) is 19.1 Å². The second kappa shape index (κ2) is 4.56. The highest BCUT2D eigenvalue weighted by Gasteiger charge is 2.13. The molecule has 0 spiro atoms. The van der Waals surface area contributed by atoms with Gasteiger partial charge in [0.05, 0.1) is 0 Å². The maximum atomic E-state index is 13.1. The van der Waals surface area contributed by atoms with Crippen LogP contribution in [0.1, 0.15) is 33.4 Å². The third-order valence-electron chi connectivity index (χ3n) is 1.61. The van der Waals surface area contributed by atoms with Crippen molar-refractivity contribution in [3.63, 3.8) is 0 Å². The lowest BCUT2D eigenvalue weighted by Crippen LogP contribution is -2.28. The van der Waals surface area contributed by atoms with Gasteiger partial charge in [0, 0.05) is 15.1 Å². The zero-order valence-electron chi connectivity index (χ0n) is 18.2. The second-order valence-electron chi connectivity index (χ2n) is 2.63. The van der Waals surface area contributed by atoms with Crippen molar-refractivity contribution in [1.29, 1.82) is 0 Å². The summed E-state index contributed by atoms with van der Waals surface area (Å²) in [6.45, 7) is -6.51. The van der Waals surface area contributed by atoms with Crippen molar-refractivity contribution in [2.75, 3.05) is 13.0 Å². The summed E-state index contributed by atoms with van der Waals surface area (Å²) in [5, 5.41) is 1.57. The molecule has 1 heterocycles. The average molecular weight is 204 g/mol. The van der Waals surface area contributed by atoms with Gasteiger partial charge >= 0.3 is 0 Å². The molecule has 1 saturated heterocycles. The van der Waals surface area contributed by atoms with Gasteiger partial charge in [-0.05, 0) is 55.7 Å². The highest BCUT2D eigenvalue weighted by Crippen LogP contribution is 2.17. The molecule has 76 valence electrons. The van der Waals surface area contributed by atoms with Crippen LogP contribution in [0.25, 0.3) is 0 Å². The molecule has 2 heteroatoms. The van der Waals surface area contributed by atoms with Crippen LogP contribution in [0.4, 0.5) is 4.39 Å². The number of hydrogen-bond donors (Lipinski definition) is 1. The molecule has 1 aromatic rings. The number of nitrogens with one attached hydrogen (secondary N) is 1. The molecule has 0 amide bonds. The highest BCUT2D eigenvalue weighted by molar-refractivity contribution is 5.16. The molecule has 0 aromatic heterocycles. The topological polar surface area (TPSA) is 12.0 Å². The number of hydrogen-bond acceptors (Lipinski definition) is 1. The van der Waals surface area contributed by atoms with Crippen LogP contribution in [0.15, 0.2) is 24.3 Å². The highest BCUT2D eigenvalue weighted by atomic mass is 19.1. The van der Waals surface area contributed by atoms with Crippen LogP contribution in [0.2, 0.25) is 0 Å². The standard InChI is InChI=1S/C12H16FN/c13-12-3-1-10(2-4-12)9-11-5-7-14-8-6-11/h1-4,11,14H,5-9H2/i5D2,6D2,7D2,8D2,9D2,11D. The largest absolute Gasteiger partial charge is 0.317 e. The average Bonchev–Trinajstić information content (AvgIpc) is 2.43. The van der Waals surface area contributed by atoms with E-state index in [4.69, 9.17) is 15.1 Å². The van der Waals surface area contributed by atoms with Gasteiger partial charge in [-0.1, -0.05) is 12.1 Å². The van der Waals surface area contributed by atoms with Crippen LogP contribution in [0.3, 0.4) is 0 Å². The lowest BCUT2D eigenvalue weighted by Gasteiger charge is -2.22. The SMILES string of the molecule is [2H]C1([2H])NC([2H])([2H])C([2H])([2H])C([2H])(C([2H])([2H])c2ccc(F)cc2)C1([2H])[2H]. The molecule has 1 aliphatic rings. The van der Waals surface area contributed by atoms with Crippen molar-refractivity contribution in [3.8, 4) is 0 Å². The Hall–Kier alpha value is -0.890. The van der Waals surface area contributed by atoms with Gasteiger partial charge in [-0.25, -0.2) is 4.39 Å². The minimum Gasteiger partial charge on any atom is -0.317 e. The predicted octanol–water partition coefficient (Wildman–Crippen LogP) is 2.37. The molecule has 1 fully saturated rings. The first-order valence-corrected chi connectivity index (χ1v) is 4.01. The first-order valence-electron chi connectivity index (χ1n) is 9.51. The fourth-order valence-corrected chi connectivity index (χ4v) is 0.990. The number of piperidine rings is 1. The van der Waals surface area contributed by atoms with Gasteiger partial charge < -0.3 is 5.32 Å². The summed E-state index contributed by atoms with van der Waals surface area (Å²) in [6, 6.07) is 3.47. The normalized spacial score (nSPS) is 47.6. The number of benzene rings is 1. The van der Waals surface area contributed by atoms with E-state index in [2.05, 4.69) is 0 Å². The van der Waals surface area contributed by atoms with E-state index in [-0.39, 0.29) is 0 Å². The van der Waals surface area contributed by atoms with E-state index < -0.39 is 49.4 Å². The van der Waals surface area contributed by atoms with Crippen molar-refractivity contribution < 1.29 is 19.5 Å². The Labute approximate surface area is 99.8 Å². The Morgan fingerprint density at radius 2 is 2.07 bits per heavy atom. The fraction of sp³-hybridized carbons (Fsp3) is 0.500. The van der Waals surface area contributed by atoms with Crippen molar-refractivity contribution in [1.82, 2.24) is 5.32 Å².